The summed E-state index contributed by atoms with van der Waals surface area (Å²) < 4.78 is 0. The van der Waals surface area contributed by atoms with Crippen molar-refractivity contribution in [1.29, 1.82) is 0 Å². The Morgan fingerprint density at radius 2 is 0.636 bits per heavy atom. The maximum Gasteiger partial charge on any atom is 0.00772 e. The van der Waals surface area contributed by atoms with Crippen LogP contribution in [0.3, 0.4) is 0 Å². The molecule has 4 nitrogen and oxygen atoms in total. The van der Waals surface area contributed by atoms with Crippen molar-refractivity contribution in [3.05, 3.63) is 0 Å². The highest BCUT2D eigenvalue weighted by Gasteiger charge is 1.92. The minimum Gasteiger partial charge on any atom is -0.314 e. The van der Waals surface area contributed by atoms with Crippen LogP contribution < -0.4 is 21.3 Å². The SMILES string of the molecule is C1CNCCNCCNCCN1.CCCCCCCCCC. The first-order valence-electron chi connectivity index (χ1n) is 9.74. The van der Waals surface area contributed by atoms with E-state index in [2.05, 4.69) is 35.1 Å². The van der Waals surface area contributed by atoms with Gasteiger partial charge in [0.25, 0.3) is 0 Å². The molecule has 0 aliphatic carbocycles. The first-order chi connectivity index (χ1) is 10.9. The molecule has 1 aliphatic rings. The van der Waals surface area contributed by atoms with Crippen molar-refractivity contribution in [1.82, 2.24) is 21.3 Å². The van der Waals surface area contributed by atoms with Gasteiger partial charge in [-0.1, -0.05) is 65.2 Å². The monoisotopic (exact) mass is 314 g/mol. The average molecular weight is 315 g/mol. The van der Waals surface area contributed by atoms with E-state index in [0.29, 0.717) is 0 Å². The van der Waals surface area contributed by atoms with Crippen molar-refractivity contribution in [2.75, 3.05) is 52.4 Å². The van der Waals surface area contributed by atoms with Gasteiger partial charge in [0.15, 0.2) is 0 Å². The number of unbranched alkanes of at least 4 members (excludes halogenated alkanes) is 7. The Hall–Kier alpha value is -0.160. The summed E-state index contributed by atoms with van der Waals surface area (Å²) in [5.74, 6) is 0. The zero-order valence-corrected chi connectivity index (χ0v) is 15.3. The van der Waals surface area contributed by atoms with Gasteiger partial charge in [0.1, 0.15) is 0 Å². The smallest absolute Gasteiger partial charge is 0.00772 e. The summed E-state index contributed by atoms with van der Waals surface area (Å²) in [6.07, 6.45) is 11.5. The minimum absolute atomic E-state index is 1.07. The maximum atomic E-state index is 3.36. The first-order valence-corrected chi connectivity index (χ1v) is 9.74. The van der Waals surface area contributed by atoms with Crippen LogP contribution in [0, 0.1) is 0 Å². The lowest BCUT2D eigenvalue weighted by Gasteiger charge is -2.11. The molecule has 0 bridgehead atoms. The van der Waals surface area contributed by atoms with Crippen LogP contribution >= 0.6 is 0 Å². The zero-order valence-electron chi connectivity index (χ0n) is 15.3. The summed E-state index contributed by atoms with van der Waals surface area (Å²) >= 11 is 0. The third kappa shape index (κ3) is 19.8. The standard InChI is InChI=1S/C10H22.C8H20N4/c1-3-5-7-9-10-8-6-4-2;1-2-10-5-6-12-8-7-11-4-3-9-1/h3-10H2,1-2H3;9-12H,1-8H2. The molecule has 1 heterocycles. The van der Waals surface area contributed by atoms with Crippen LogP contribution in [0.4, 0.5) is 0 Å². The zero-order chi connectivity index (χ0) is 16.1. The van der Waals surface area contributed by atoms with Crippen LogP contribution in [0.25, 0.3) is 0 Å². The van der Waals surface area contributed by atoms with E-state index < -0.39 is 0 Å². The normalized spacial score (nSPS) is 17.7. The molecular weight excluding hydrogens is 272 g/mol. The van der Waals surface area contributed by atoms with Gasteiger partial charge in [-0.3, -0.25) is 0 Å². The van der Waals surface area contributed by atoms with Gasteiger partial charge < -0.3 is 21.3 Å². The van der Waals surface area contributed by atoms with Gasteiger partial charge in [-0.2, -0.15) is 0 Å². The lowest BCUT2D eigenvalue weighted by molar-refractivity contribution is 0.534. The van der Waals surface area contributed by atoms with E-state index in [9.17, 15) is 0 Å². The fraction of sp³-hybridized carbons (Fsp3) is 1.00. The topological polar surface area (TPSA) is 48.1 Å². The van der Waals surface area contributed by atoms with Crippen molar-refractivity contribution in [3.8, 4) is 0 Å². The second kappa shape index (κ2) is 20.8. The Bertz CT molecular complexity index is 137. The van der Waals surface area contributed by atoms with E-state index in [1.807, 2.05) is 0 Å². The van der Waals surface area contributed by atoms with Crippen LogP contribution in [-0.2, 0) is 0 Å². The van der Waals surface area contributed by atoms with E-state index in [4.69, 9.17) is 0 Å². The van der Waals surface area contributed by atoms with Crippen LogP contribution in [0.2, 0.25) is 0 Å². The highest BCUT2D eigenvalue weighted by atomic mass is 15.0. The van der Waals surface area contributed by atoms with Crippen molar-refractivity contribution < 1.29 is 0 Å². The molecule has 0 aromatic carbocycles. The number of nitrogens with one attached hydrogen (secondary N) is 4. The van der Waals surface area contributed by atoms with E-state index in [1.165, 1.54) is 51.4 Å². The Balaban J connectivity index is 0.000000409. The predicted octanol–water partition coefficient (Wildman–Crippen LogP) is 2.51. The molecule has 1 fully saturated rings. The molecule has 1 saturated heterocycles. The number of rotatable bonds is 7. The van der Waals surface area contributed by atoms with Crippen LogP contribution in [0.5, 0.6) is 0 Å². The molecular formula is C18H42N4. The second-order valence-electron chi connectivity index (χ2n) is 6.12. The van der Waals surface area contributed by atoms with Crippen molar-refractivity contribution in [2.24, 2.45) is 0 Å². The Morgan fingerprint density at radius 3 is 0.864 bits per heavy atom. The lowest BCUT2D eigenvalue weighted by atomic mass is 10.1. The Labute approximate surface area is 139 Å². The largest absolute Gasteiger partial charge is 0.314 e. The van der Waals surface area contributed by atoms with Crippen molar-refractivity contribution >= 4 is 0 Å². The molecule has 0 amide bonds. The average Bonchev–Trinajstić information content (AvgIpc) is 2.52. The molecule has 1 rings (SSSR count). The van der Waals surface area contributed by atoms with Gasteiger partial charge in [-0.25, -0.2) is 0 Å². The molecule has 1 aliphatic heterocycles. The quantitative estimate of drug-likeness (QED) is 0.545. The highest BCUT2D eigenvalue weighted by molar-refractivity contribution is 4.59. The van der Waals surface area contributed by atoms with E-state index >= 15 is 0 Å². The van der Waals surface area contributed by atoms with Crippen molar-refractivity contribution in [2.45, 2.75) is 65.2 Å². The van der Waals surface area contributed by atoms with E-state index in [1.54, 1.807) is 0 Å². The van der Waals surface area contributed by atoms with Gasteiger partial charge in [0.2, 0.25) is 0 Å². The van der Waals surface area contributed by atoms with Crippen molar-refractivity contribution in [3.63, 3.8) is 0 Å². The summed E-state index contributed by atoms with van der Waals surface area (Å²) in [6, 6.07) is 0. The summed E-state index contributed by atoms with van der Waals surface area (Å²) in [5, 5.41) is 13.4. The first kappa shape index (κ1) is 21.8. The molecule has 0 atom stereocenters. The summed E-state index contributed by atoms with van der Waals surface area (Å²) in [5.41, 5.74) is 0. The fourth-order valence-corrected chi connectivity index (χ4v) is 2.41. The Morgan fingerprint density at radius 1 is 0.409 bits per heavy atom. The van der Waals surface area contributed by atoms with Gasteiger partial charge >= 0.3 is 0 Å². The molecule has 22 heavy (non-hydrogen) atoms. The van der Waals surface area contributed by atoms with E-state index in [-0.39, 0.29) is 0 Å². The van der Waals surface area contributed by atoms with Gasteiger partial charge in [0.05, 0.1) is 0 Å². The number of hydrogen-bond acceptors (Lipinski definition) is 4. The van der Waals surface area contributed by atoms with Crippen LogP contribution in [0.15, 0.2) is 0 Å². The second-order valence-corrected chi connectivity index (χ2v) is 6.12. The molecule has 0 saturated carbocycles. The minimum atomic E-state index is 1.07. The third-order valence-electron chi connectivity index (χ3n) is 3.87. The Kier molecular flexibility index (Phi) is 20.7. The summed E-state index contributed by atoms with van der Waals surface area (Å²) in [7, 11) is 0. The van der Waals surface area contributed by atoms with E-state index in [0.717, 1.165) is 52.4 Å². The molecule has 0 aromatic heterocycles. The summed E-state index contributed by atoms with van der Waals surface area (Å²) in [4.78, 5) is 0. The highest BCUT2D eigenvalue weighted by Crippen LogP contribution is 2.07. The van der Waals surface area contributed by atoms with Gasteiger partial charge in [-0.15, -0.1) is 0 Å². The lowest BCUT2D eigenvalue weighted by Crippen LogP contribution is -2.39. The van der Waals surface area contributed by atoms with Gasteiger partial charge in [0, 0.05) is 52.4 Å². The molecule has 4 N–H and O–H groups in total. The van der Waals surface area contributed by atoms with Crippen LogP contribution in [-0.4, -0.2) is 52.4 Å². The molecule has 134 valence electrons. The predicted molar refractivity (Wildman–Crippen MR) is 99.8 cm³/mol. The maximum absolute atomic E-state index is 3.36. The van der Waals surface area contributed by atoms with Gasteiger partial charge in [-0.05, 0) is 0 Å². The van der Waals surface area contributed by atoms with Crippen LogP contribution in [0.1, 0.15) is 65.2 Å². The molecule has 4 heteroatoms. The molecule has 0 unspecified atom stereocenters. The molecule has 0 aromatic rings. The summed E-state index contributed by atoms with van der Waals surface area (Å²) in [6.45, 7) is 13.1. The third-order valence-corrected chi connectivity index (χ3v) is 3.87. The fourth-order valence-electron chi connectivity index (χ4n) is 2.41. The number of hydrogen-bond donors (Lipinski definition) is 4. The molecule has 0 radical (unpaired) electrons. The molecule has 0 spiro atoms.